The Kier molecular flexibility index (Phi) is 5.21. The van der Waals surface area contributed by atoms with Crippen LogP contribution in [-0.2, 0) is 11.3 Å². The summed E-state index contributed by atoms with van der Waals surface area (Å²) in [5.74, 6) is 1.47. The van der Waals surface area contributed by atoms with E-state index in [9.17, 15) is 0 Å². The number of hydrogen-bond acceptors (Lipinski definition) is 2. The van der Waals surface area contributed by atoms with E-state index in [1.165, 1.54) is 24.0 Å². The second kappa shape index (κ2) is 6.91. The van der Waals surface area contributed by atoms with Crippen molar-refractivity contribution in [2.24, 2.45) is 5.92 Å². The molecule has 0 unspecified atom stereocenters. The van der Waals surface area contributed by atoms with Gasteiger partial charge in [-0.25, -0.2) is 0 Å². The summed E-state index contributed by atoms with van der Waals surface area (Å²) < 4.78 is 5.54. The van der Waals surface area contributed by atoms with E-state index in [0.717, 1.165) is 32.2 Å². The zero-order valence-electron chi connectivity index (χ0n) is 11.6. The van der Waals surface area contributed by atoms with Crippen LogP contribution in [0.3, 0.4) is 0 Å². The van der Waals surface area contributed by atoms with Crippen LogP contribution in [0.25, 0.3) is 0 Å². The molecule has 0 heterocycles. The minimum atomic E-state index is 0.625. The monoisotopic (exact) mass is 247 g/mol. The van der Waals surface area contributed by atoms with Crippen LogP contribution in [0.4, 0.5) is 0 Å². The standard InChI is InChI=1S/C16H25NO/c1-13(2)12-18-9-8-17-11-14-4-3-5-16(10-14)15-6-7-15/h3-5,10,13,15,17H,6-9,11-12H2,1-2H3. The zero-order valence-corrected chi connectivity index (χ0v) is 11.6. The van der Waals surface area contributed by atoms with Gasteiger partial charge in [0.25, 0.3) is 0 Å². The molecule has 100 valence electrons. The van der Waals surface area contributed by atoms with E-state index in [2.05, 4.69) is 43.4 Å². The second-order valence-electron chi connectivity index (χ2n) is 5.66. The van der Waals surface area contributed by atoms with Gasteiger partial charge in [-0.05, 0) is 35.8 Å². The maximum absolute atomic E-state index is 5.54. The maximum Gasteiger partial charge on any atom is 0.0591 e. The van der Waals surface area contributed by atoms with Crippen molar-refractivity contribution < 1.29 is 4.74 Å². The molecule has 1 saturated carbocycles. The fourth-order valence-corrected chi connectivity index (χ4v) is 2.07. The summed E-state index contributed by atoms with van der Waals surface area (Å²) in [7, 11) is 0. The molecule has 2 heteroatoms. The van der Waals surface area contributed by atoms with E-state index in [1.807, 2.05) is 0 Å². The molecular weight excluding hydrogens is 222 g/mol. The third-order valence-corrected chi connectivity index (χ3v) is 3.20. The molecule has 0 aromatic heterocycles. The molecule has 1 aliphatic carbocycles. The molecule has 1 aromatic carbocycles. The first-order valence-corrected chi connectivity index (χ1v) is 7.13. The number of benzene rings is 1. The van der Waals surface area contributed by atoms with E-state index in [4.69, 9.17) is 4.74 Å². The molecule has 1 aromatic rings. The Balaban J connectivity index is 1.62. The quantitative estimate of drug-likeness (QED) is 0.711. The van der Waals surface area contributed by atoms with Gasteiger partial charge < -0.3 is 10.1 Å². The predicted molar refractivity (Wildman–Crippen MR) is 75.8 cm³/mol. The lowest BCUT2D eigenvalue weighted by atomic mass is 10.1. The van der Waals surface area contributed by atoms with Crippen LogP contribution >= 0.6 is 0 Å². The van der Waals surface area contributed by atoms with Gasteiger partial charge in [0.15, 0.2) is 0 Å². The van der Waals surface area contributed by atoms with Crippen molar-refractivity contribution in [3.8, 4) is 0 Å². The lowest BCUT2D eigenvalue weighted by Gasteiger charge is -2.09. The van der Waals surface area contributed by atoms with E-state index in [1.54, 1.807) is 0 Å². The molecule has 0 spiro atoms. The number of rotatable bonds is 8. The summed E-state index contributed by atoms with van der Waals surface area (Å²) in [5, 5.41) is 3.44. The van der Waals surface area contributed by atoms with Gasteiger partial charge >= 0.3 is 0 Å². The smallest absolute Gasteiger partial charge is 0.0591 e. The van der Waals surface area contributed by atoms with Gasteiger partial charge in [-0.3, -0.25) is 0 Å². The van der Waals surface area contributed by atoms with Gasteiger partial charge in [-0.1, -0.05) is 38.1 Å². The highest BCUT2D eigenvalue weighted by atomic mass is 16.5. The highest BCUT2D eigenvalue weighted by Gasteiger charge is 2.23. The Morgan fingerprint density at radius 1 is 1.33 bits per heavy atom. The van der Waals surface area contributed by atoms with Crippen LogP contribution in [0, 0.1) is 5.92 Å². The molecule has 1 fully saturated rings. The van der Waals surface area contributed by atoms with Crippen LogP contribution in [0.2, 0.25) is 0 Å². The lowest BCUT2D eigenvalue weighted by molar-refractivity contribution is 0.111. The highest BCUT2D eigenvalue weighted by molar-refractivity contribution is 5.29. The summed E-state index contributed by atoms with van der Waals surface area (Å²) in [4.78, 5) is 0. The minimum Gasteiger partial charge on any atom is -0.380 e. The number of hydrogen-bond donors (Lipinski definition) is 1. The number of ether oxygens (including phenoxy) is 1. The Labute approximate surface area is 111 Å². The Hall–Kier alpha value is -0.860. The van der Waals surface area contributed by atoms with Crippen molar-refractivity contribution in [1.82, 2.24) is 5.32 Å². The topological polar surface area (TPSA) is 21.3 Å². The zero-order chi connectivity index (χ0) is 12.8. The Morgan fingerprint density at radius 2 is 2.17 bits per heavy atom. The van der Waals surface area contributed by atoms with Gasteiger partial charge in [0.1, 0.15) is 0 Å². The van der Waals surface area contributed by atoms with Crippen molar-refractivity contribution in [1.29, 1.82) is 0 Å². The van der Waals surface area contributed by atoms with E-state index in [-0.39, 0.29) is 0 Å². The number of nitrogens with one attached hydrogen (secondary N) is 1. The average molecular weight is 247 g/mol. The van der Waals surface area contributed by atoms with Crippen LogP contribution in [0.5, 0.6) is 0 Å². The molecule has 0 aliphatic heterocycles. The summed E-state index contributed by atoms with van der Waals surface area (Å²) in [6.07, 6.45) is 2.75. The fourth-order valence-electron chi connectivity index (χ4n) is 2.07. The van der Waals surface area contributed by atoms with Gasteiger partial charge in [0, 0.05) is 19.7 Å². The average Bonchev–Trinajstić information content (AvgIpc) is 3.18. The first kappa shape index (κ1) is 13.6. The van der Waals surface area contributed by atoms with Crippen molar-refractivity contribution in [3.63, 3.8) is 0 Å². The minimum absolute atomic E-state index is 0.625. The molecule has 0 saturated heterocycles. The van der Waals surface area contributed by atoms with Gasteiger partial charge in [0.2, 0.25) is 0 Å². The fraction of sp³-hybridized carbons (Fsp3) is 0.625. The molecule has 1 N–H and O–H groups in total. The summed E-state index contributed by atoms with van der Waals surface area (Å²) in [5.41, 5.74) is 2.91. The van der Waals surface area contributed by atoms with E-state index < -0.39 is 0 Å². The molecule has 0 amide bonds. The first-order chi connectivity index (χ1) is 8.75. The predicted octanol–water partition coefficient (Wildman–Crippen LogP) is 3.33. The molecule has 18 heavy (non-hydrogen) atoms. The molecule has 0 bridgehead atoms. The van der Waals surface area contributed by atoms with Crippen molar-refractivity contribution in [2.45, 2.75) is 39.2 Å². The molecule has 1 aliphatic rings. The van der Waals surface area contributed by atoms with Crippen molar-refractivity contribution in [3.05, 3.63) is 35.4 Å². The molecule has 0 atom stereocenters. The molecule has 2 rings (SSSR count). The normalized spacial score (nSPS) is 15.3. The van der Waals surface area contributed by atoms with Gasteiger partial charge in [0.05, 0.1) is 6.61 Å². The van der Waals surface area contributed by atoms with Crippen LogP contribution < -0.4 is 5.32 Å². The second-order valence-corrected chi connectivity index (χ2v) is 5.66. The summed E-state index contributed by atoms with van der Waals surface area (Å²) in [6.45, 7) is 7.90. The third kappa shape index (κ3) is 4.79. The lowest BCUT2D eigenvalue weighted by Crippen LogP contribution is -2.20. The molecule has 0 radical (unpaired) electrons. The molecule has 2 nitrogen and oxygen atoms in total. The maximum atomic E-state index is 5.54. The van der Waals surface area contributed by atoms with Gasteiger partial charge in [-0.15, -0.1) is 0 Å². The van der Waals surface area contributed by atoms with Gasteiger partial charge in [-0.2, -0.15) is 0 Å². The third-order valence-electron chi connectivity index (χ3n) is 3.20. The first-order valence-electron chi connectivity index (χ1n) is 7.13. The van der Waals surface area contributed by atoms with E-state index >= 15 is 0 Å². The molecular formula is C16H25NO. The van der Waals surface area contributed by atoms with Crippen LogP contribution in [0.15, 0.2) is 24.3 Å². The van der Waals surface area contributed by atoms with Crippen LogP contribution in [-0.4, -0.2) is 19.8 Å². The van der Waals surface area contributed by atoms with E-state index in [0.29, 0.717) is 5.92 Å². The van der Waals surface area contributed by atoms with Crippen LogP contribution in [0.1, 0.15) is 43.7 Å². The summed E-state index contributed by atoms with van der Waals surface area (Å²) in [6, 6.07) is 8.99. The Bertz CT molecular complexity index is 358. The summed E-state index contributed by atoms with van der Waals surface area (Å²) >= 11 is 0. The van der Waals surface area contributed by atoms with Crippen molar-refractivity contribution in [2.75, 3.05) is 19.8 Å². The largest absolute Gasteiger partial charge is 0.380 e. The SMILES string of the molecule is CC(C)COCCNCc1cccc(C2CC2)c1. The Morgan fingerprint density at radius 3 is 2.89 bits per heavy atom. The highest BCUT2D eigenvalue weighted by Crippen LogP contribution is 2.40. The van der Waals surface area contributed by atoms with Crippen molar-refractivity contribution >= 4 is 0 Å².